The van der Waals surface area contributed by atoms with E-state index < -0.39 is 0 Å². The topological polar surface area (TPSA) is 21.6 Å². The number of aryl methyl sites for hydroxylation is 2. The van der Waals surface area contributed by atoms with Crippen LogP contribution in [0.2, 0.25) is 0 Å². The summed E-state index contributed by atoms with van der Waals surface area (Å²) in [5, 5.41) is 4.37. The maximum atomic E-state index is 5.53. The summed E-state index contributed by atoms with van der Waals surface area (Å²) in [6.45, 7) is 2.67. The largest absolute Gasteiger partial charge is 0.391 e. The van der Waals surface area contributed by atoms with E-state index in [0.29, 0.717) is 6.61 Å². The molecule has 2 aromatic rings. The highest BCUT2D eigenvalue weighted by atomic mass is 16.6. The van der Waals surface area contributed by atoms with Crippen LogP contribution in [0.25, 0.3) is 0 Å². The van der Waals surface area contributed by atoms with Gasteiger partial charge in [0.25, 0.3) is 0 Å². The molecule has 0 saturated carbocycles. The monoisotopic (exact) mass is 265 g/mol. The molecule has 0 unspecified atom stereocenters. The van der Waals surface area contributed by atoms with E-state index in [1.807, 2.05) is 18.2 Å². The zero-order chi connectivity index (χ0) is 13.8. The molecule has 20 heavy (non-hydrogen) atoms. The number of hydrogen-bond acceptors (Lipinski definition) is 2. The summed E-state index contributed by atoms with van der Waals surface area (Å²) in [6.07, 6.45) is 3.31. The van der Waals surface area contributed by atoms with Gasteiger partial charge < -0.3 is 4.84 Å². The molecule has 102 valence electrons. The number of nitrogens with zero attached hydrogens (tertiary/aromatic N) is 1. The molecule has 0 bridgehead atoms. The molecule has 0 aromatic heterocycles. The molecule has 0 spiro atoms. The Labute approximate surface area is 120 Å². The molecule has 0 fully saturated rings. The average Bonchev–Trinajstić information content (AvgIpc) is 2.48. The van der Waals surface area contributed by atoms with E-state index in [9.17, 15) is 0 Å². The smallest absolute Gasteiger partial charge is 0.142 e. The number of oxime groups is 1. The zero-order valence-corrected chi connectivity index (χ0v) is 11.8. The van der Waals surface area contributed by atoms with Crippen LogP contribution in [0.3, 0.4) is 0 Å². The van der Waals surface area contributed by atoms with E-state index in [-0.39, 0.29) is 0 Å². The van der Waals surface area contributed by atoms with Crippen LogP contribution in [0.1, 0.15) is 35.1 Å². The van der Waals surface area contributed by atoms with Crippen molar-refractivity contribution < 1.29 is 4.84 Å². The van der Waals surface area contributed by atoms with Gasteiger partial charge >= 0.3 is 0 Å². The fraction of sp³-hybridized carbons (Fsp3) is 0.278. The predicted octanol–water partition coefficient (Wildman–Crippen LogP) is 4.25. The average molecular weight is 265 g/mol. The molecule has 0 amide bonds. The normalized spacial score (nSPS) is 15.9. The first-order valence-electron chi connectivity index (χ1n) is 7.15. The number of rotatable bonds is 3. The molecule has 3 rings (SSSR count). The van der Waals surface area contributed by atoms with Crippen LogP contribution < -0.4 is 0 Å². The first-order valence-corrected chi connectivity index (χ1v) is 7.15. The van der Waals surface area contributed by atoms with Crippen molar-refractivity contribution >= 4 is 5.71 Å². The van der Waals surface area contributed by atoms with Crippen molar-refractivity contribution in [2.24, 2.45) is 5.16 Å². The third-order valence-corrected chi connectivity index (χ3v) is 3.68. The second kappa shape index (κ2) is 5.91. The summed E-state index contributed by atoms with van der Waals surface area (Å²) < 4.78 is 0. The van der Waals surface area contributed by atoms with Gasteiger partial charge in [-0.25, -0.2) is 0 Å². The molecular weight excluding hydrogens is 246 g/mol. The summed E-state index contributed by atoms with van der Waals surface area (Å²) >= 11 is 0. The Kier molecular flexibility index (Phi) is 3.82. The predicted molar refractivity (Wildman–Crippen MR) is 81.9 cm³/mol. The van der Waals surface area contributed by atoms with Crippen molar-refractivity contribution in [2.45, 2.75) is 32.8 Å². The van der Waals surface area contributed by atoms with Crippen LogP contribution in [0.15, 0.2) is 53.7 Å². The maximum absolute atomic E-state index is 5.53. The minimum absolute atomic E-state index is 0.533. The molecule has 0 atom stereocenters. The van der Waals surface area contributed by atoms with Gasteiger partial charge in [-0.15, -0.1) is 0 Å². The van der Waals surface area contributed by atoms with Gasteiger partial charge in [-0.3, -0.25) is 0 Å². The van der Waals surface area contributed by atoms with Gasteiger partial charge in [0, 0.05) is 5.56 Å². The SMILES string of the molecule is Cc1ccc2c(c1)CCC/C2=N\OCc1ccccc1. The Bertz CT molecular complexity index is 617. The highest BCUT2D eigenvalue weighted by Crippen LogP contribution is 2.23. The molecule has 0 saturated heterocycles. The summed E-state index contributed by atoms with van der Waals surface area (Å²) in [4.78, 5) is 5.53. The molecule has 0 N–H and O–H groups in total. The van der Waals surface area contributed by atoms with Crippen molar-refractivity contribution in [3.63, 3.8) is 0 Å². The van der Waals surface area contributed by atoms with Crippen LogP contribution in [0, 0.1) is 6.92 Å². The molecule has 0 heterocycles. The Morgan fingerprint density at radius 1 is 1.05 bits per heavy atom. The maximum Gasteiger partial charge on any atom is 0.142 e. The number of hydrogen-bond donors (Lipinski definition) is 0. The van der Waals surface area contributed by atoms with Crippen LogP contribution in [-0.2, 0) is 17.9 Å². The molecule has 0 radical (unpaired) electrons. The van der Waals surface area contributed by atoms with Gasteiger partial charge in [-0.05, 0) is 37.3 Å². The highest BCUT2D eigenvalue weighted by Gasteiger charge is 2.15. The summed E-state index contributed by atoms with van der Waals surface area (Å²) in [6, 6.07) is 16.7. The lowest BCUT2D eigenvalue weighted by Crippen LogP contribution is -2.12. The number of benzene rings is 2. The quantitative estimate of drug-likeness (QED) is 0.760. The zero-order valence-electron chi connectivity index (χ0n) is 11.8. The van der Waals surface area contributed by atoms with E-state index in [1.165, 1.54) is 16.7 Å². The van der Waals surface area contributed by atoms with Gasteiger partial charge in [0.05, 0.1) is 5.71 Å². The van der Waals surface area contributed by atoms with Gasteiger partial charge in [-0.2, -0.15) is 0 Å². The Hall–Kier alpha value is -2.09. The molecule has 1 aliphatic rings. The van der Waals surface area contributed by atoms with Gasteiger partial charge in [0.2, 0.25) is 0 Å². The molecule has 2 heteroatoms. The van der Waals surface area contributed by atoms with E-state index in [1.54, 1.807) is 0 Å². The van der Waals surface area contributed by atoms with Gasteiger partial charge in [-0.1, -0.05) is 59.3 Å². The molecule has 2 aromatic carbocycles. The minimum atomic E-state index is 0.533. The van der Waals surface area contributed by atoms with Gasteiger partial charge in [0.15, 0.2) is 0 Å². The summed E-state index contributed by atoms with van der Waals surface area (Å²) in [5.41, 5.74) is 6.21. The fourth-order valence-electron chi connectivity index (χ4n) is 2.65. The van der Waals surface area contributed by atoms with Crippen molar-refractivity contribution in [2.75, 3.05) is 0 Å². The lowest BCUT2D eigenvalue weighted by molar-refractivity contribution is 0.130. The highest BCUT2D eigenvalue weighted by molar-refractivity contribution is 6.02. The first kappa shape index (κ1) is 12.9. The van der Waals surface area contributed by atoms with Crippen LogP contribution >= 0.6 is 0 Å². The van der Waals surface area contributed by atoms with E-state index in [4.69, 9.17) is 4.84 Å². The number of fused-ring (bicyclic) bond motifs is 1. The summed E-state index contributed by atoms with van der Waals surface area (Å²) in [7, 11) is 0. The second-order valence-electron chi connectivity index (χ2n) is 5.31. The van der Waals surface area contributed by atoms with Crippen molar-refractivity contribution in [1.29, 1.82) is 0 Å². The Morgan fingerprint density at radius 3 is 2.75 bits per heavy atom. The Balaban J connectivity index is 1.74. The van der Waals surface area contributed by atoms with E-state index in [2.05, 4.69) is 42.4 Å². The third-order valence-electron chi connectivity index (χ3n) is 3.68. The first-order chi connectivity index (χ1) is 9.83. The third kappa shape index (κ3) is 2.90. The van der Waals surface area contributed by atoms with Crippen molar-refractivity contribution in [1.82, 2.24) is 0 Å². The Morgan fingerprint density at radius 2 is 1.90 bits per heavy atom. The van der Waals surface area contributed by atoms with E-state index in [0.717, 1.165) is 30.5 Å². The minimum Gasteiger partial charge on any atom is -0.391 e. The van der Waals surface area contributed by atoms with Crippen molar-refractivity contribution in [3.8, 4) is 0 Å². The van der Waals surface area contributed by atoms with Crippen LogP contribution in [-0.4, -0.2) is 5.71 Å². The van der Waals surface area contributed by atoms with E-state index >= 15 is 0 Å². The molecule has 2 nitrogen and oxygen atoms in total. The standard InChI is InChI=1S/C18H19NO/c1-14-10-11-17-16(12-14)8-5-9-18(17)19-20-13-15-6-3-2-4-7-15/h2-4,6-7,10-12H,5,8-9,13H2,1H3/b19-18+. The lowest BCUT2D eigenvalue weighted by Gasteiger charge is -2.17. The molecular formula is C18H19NO. The lowest BCUT2D eigenvalue weighted by atomic mass is 9.89. The second-order valence-corrected chi connectivity index (χ2v) is 5.31. The van der Waals surface area contributed by atoms with Crippen LogP contribution in [0.4, 0.5) is 0 Å². The van der Waals surface area contributed by atoms with Crippen LogP contribution in [0.5, 0.6) is 0 Å². The molecule has 0 aliphatic heterocycles. The molecule has 1 aliphatic carbocycles. The van der Waals surface area contributed by atoms with Crippen molar-refractivity contribution in [3.05, 3.63) is 70.8 Å². The summed E-state index contributed by atoms with van der Waals surface area (Å²) in [5.74, 6) is 0. The van der Waals surface area contributed by atoms with Gasteiger partial charge in [0.1, 0.15) is 6.61 Å². The fourth-order valence-corrected chi connectivity index (χ4v) is 2.65.